The fourth-order valence-corrected chi connectivity index (χ4v) is 3.06. The van der Waals surface area contributed by atoms with Gasteiger partial charge in [0.2, 0.25) is 5.16 Å². The second kappa shape index (κ2) is 6.70. The van der Waals surface area contributed by atoms with Gasteiger partial charge < -0.3 is 10.3 Å². The van der Waals surface area contributed by atoms with E-state index in [0.717, 1.165) is 35.1 Å². The zero-order valence-corrected chi connectivity index (χ0v) is 13.2. The highest BCUT2D eigenvalue weighted by Crippen LogP contribution is 2.25. The van der Waals surface area contributed by atoms with Gasteiger partial charge in [0.1, 0.15) is 5.76 Å². The van der Waals surface area contributed by atoms with Gasteiger partial charge in [-0.25, -0.2) is 4.68 Å². The minimum atomic E-state index is 0.636. The molecule has 0 spiro atoms. The molecule has 22 heavy (non-hydrogen) atoms. The second-order valence-electron chi connectivity index (χ2n) is 5.00. The predicted molar refractivity (Wildman–Crippen MR) is 88.1 cm³/mol. The second-order valence-corrected chi connectivity index (χ2v) is 6.07. The molecule has 0 aliphatic heterocycles. The van der Waals surface area contributed by atoms with Crippen LogP contribution < -0.4 is 5.84 Å². The van der Waals surface area contributed by atoms with Gasteiger partial charge in [0.15, 0.2) is 5.82 Å². The van der Waals surface area contributed by atoms with Crippen LogP contribution in [0.5, 0.6) is 0 Å². The third-order valence-corrected chi connectivity index (χ3v) is 4.48. The molecule has 2 N–H and O–H groups in total. The molecule has 3 rings (SSSR count). The molecule has 0 aliphatic rings. The number of nitrogens with zero attached hydrogens (tertiary/aromatic N) is 3. The number of furan rings is 1. The van der Waals surface area contributed by atoms with Gasteiger partial charge in [-0.1, -0.05) is 42.1 Å². The molecular formula is C16H18N4OS. The summed E-state index contributed by atoms with van der Waals surface area (Å²) in [5, 5.41) is 9.06. The molecule has 0 bridgehead atoms. The lowest BCUT2D eigenvalue weighted by Crippen LogP contribution is -2.11. The molecule has 114 valence electrons. The van der Waals surface area contributed by atoms with Crippen molar-refractivity contribution in [3.05, 3.63) is 54.0 Å². The Hall–Kier alpha value is -2.21. The standard InChI is InChI=1S/C16H18N4OS/c1-12-14(9-10-21-12)15-18-19-16(20(15)17)22-11-5-8-13-6-3-2-4-7-13/h2-4,6-7,9-10H,5,8,11,17H2,1H3. The van der Waals surface area contributed by atoms with Gasteiger partial charge in [-0.15, -0.1) is 10.2 Å². The number of benzene rings is 1. The van der Waals surface area contributed by atoms with E-state index in [1.54, 1.807) is 18.0 Å². The van der Waals surface area contributed by atoms with Crippen LogP contribution in [0.1, 0.15) is 17.7 Å². The van der Waals surface area contributed by atoms with Gasteiger partial charge in [0, 0.05) is 5.75 Å². The van der Waals surface area contributed by atoms with Crippen molar-refractivity contribution in [2.75, 3.05) is 11.6 Å². The number of aryl methyl sites for hydroxylation is 2. The normalized spacial score (nSPS) is 11.0. The summed E-state index contributed by atoms with van der Waals surface area (Å²) in [6, 6.07) is 12.3. The van der Waals surface area contributed by atoms with Crippen molar-refractivity contribution in [1.29, 1.82) is 0 Å². The lowest BCUT2D eigenvalue weighted by atomic mass is 10.1. The first kappa shape index (κ1) is 14.7. The van der Waals surface area contributed by atoms with Gasteiger partial charge >= 0.3 is 0 Å². The largest absolute Gasteiger partial charge is 0.469 e. The van der Waals surface area contributed by atoms with Crippen LogP contribution in [-0.2, 0) is 6.42 Å². The van der Waals surface area contributed by atoms with Crippen LogP contribution in [0, 0.1) is 6.92 Å². The van der Waals surface area contributed by atoms with E-state index in [0.29, 0.717) is 5.82 Å². The molecule has 0 saturated carbocycles. The lowest BCUT2D eigenvalue weighted by Gasteiger charge is -2.03. The highest BCUT2D eigenvalue weighted by molar-refractivity contribution is 7.99. The maximum Gasteiger partial charge on any atom is 0.210 e. The summed E-state index contributed by atoms with van der Waals surface area (Å²) in [5.74, 6) is 8.47. The van der Waals surface area contributed by atoms with Crippen molar-refractivity contribution in [1.82, 2.24) is 14.9 Å². The van der Waals surface area contributed by atoms with Crippen LogP contribution in [0.15, 0.2) is 52.2 Å². The fraction of sp³-hybridized carbons (Fsp3) is 0.250. The number of hydrogen-bond donors (Lipinski definition) is 1. The highest BCUT2D eigenvalue weighted by Gasteiger charge is 2.15. The van der Waals surface area contributed by atoms with Gasteiger partial charge in [-0.3, -0.25) is 0 Å². The molecule has 0 amide bonds. The first-order chi connectivity index (χ1) is 10.8. The average molecular weight is 314 g/mol. The van der Waals surface area contributed by atoms with Crippen molar-refractivity contribution in [3.8, 4) is 11.4 Å². The highest BCUT2D eigenvalue weighted by atomic mass is 32.2. The smallest absolute Gasteiger partial charge is 0.210 e. The van der Waals surface area contributed by atoms with Crippen LogP contribution in [-0.4, -0.2) is 20.6 Å². The summed E-state index contributed by atoms with van der Waals surface area (Å²) in [5.41, 5.74) is 2.23. The summed E-state index contributed by atoms with van der Waals surface area (Å²) >= 11 is 1.62. The van der Waals surface area contributed by atoms with Gasteiger partial charge in [-0.2, -0.15) is 0 Å². The monoisotopic (exact) mass is 314 g/mol. The molecule has 0 atom stereocenters. The van der Waals surface area contributed by atoms with Crippen molar-refractivity contribution >= 4 is 11.8 Å². The van der Waals surface area contributed by atoms with E-state index in [-0.39, 0.29) is 0 Å². The number of nitrogen functional groups attached to an aromatic ring is 1. The SMILES string of the molecule is Cc1occc1-c1nnc(SCCCc2ccccc2)n1N. The molecule has 6 heteroatoms. The Kier molecular flexibility index (Phi) is 4.48. The Bertz CT molecular complexity index is 736. The number of rotatable bonds is 6. The van der Waals surface area contributed by atoms with Crippen molar-refractivity contribution in [2.45, 2.75) is 24.9 Å². The molecule has 0 aliphatic carbocycles. The Morgan fingerprint density at radius 3 is 2.73 bits per heavy atom. The molecular weight excluding hydrogens is 296 g/mol. The number of thioether (sulfide) groups is 1. The van der Waals surface area contributed by atoms with E-state index in [9.17, 15) is 0 Å². The summed E-state index contributed by atoms with van der Waals surface area (Å²) in [7, 11) is 0. The van der Waals surface area contributed by atoms with E-state index in [4.69, 9.17) is 10.3 Å². The molecule has 3 aromatic rings. The first-order valence-corrected chi connectivity index (χ1v) is 8.16. The van der Waals surface area contributed by atoms with E-state index in [1.165, 1.54) is 10.2 Å². The zero-order chi connectivity index (χ0) is 15.4. The van der Waals surface area contributed by atoms with E-state index in [1.807, 2.05) is 19.1 Å². The van der Waals surface area contributed by atoms with E-state index in [2.05, 4.69) is 34.5 Å². The number of hydrogen-bond acceptors (Lipinski definition) is 5. The van der Waals surface area contributed by atoms with Crippen LogP contribution in [0.25, 0.3) is 11.4 Å². The van der Waals surface area contributed by atoms with Crippen LogP contribution in [0.2, 0.25) is 0 Å². The van der Waals surface area contributed by atoms with Crippen molar-refractivity contribution in [3.63, 3.8) is 0 Å². The molecule has 0 saturated heterocycles. The van der Waals surface area contributed by atoms with Gasteiger partial charge in [0.05, 0.1) is 11.8 Å². The maximum atomic E-state index is 6.09. The van der Waals surface area contributed by atoms with E-state index >= 15 is 0 Å². The average Bonchev–Trinajstić information content (AvgIpc) is 3.11. The Morgan fingerprint density at radius 2 is 2.00 bits per heavy atom. The van der Waals surface area contributed by atoms with Crippen LogP contribution in [0.3, 0.4) is 0 Å². The van der Waals surface area contributed by atoms with Crippen LogP contribution in [0.4, 0.5) is 0 Å². The lowest BCUT2D eigenvalue weighted by molar-refractivity contribution is 0.535. The first-order valence-electron chi connectivity index (χ1n) is 7.17. The summed E-state index contributed by atoms with van der Waals surface area (Å²) in [4.78, 5) is 0. The molecule has 2 aromatic heterocycles. The molecule has 0 fully saturated rings. The number of aromatic nitrogens is 3. The Morgan fingerprint density at radius 1 is 1.18 bits per heavy atom. The molecule has 2 heterocycles. The van der Waals surface area contributed by atoms with Crippen molar-refractivity contribution < 1.29 is 4.42 Å². The van der Waals surface area contributed by atoms with Gasteiger partial charge in [-0.05, 0) is 31.4 Å². The molecule has 0 radical (unpaired) electrons. The van der Waals surface area contributed by atoms with Crippen LogP contribution >= 0.6 is 11.8 Å². The predicted octanol–water partition coefficient (Wildman–Crippen LogP) is 3.29. The molecule has 1 aromatic carbocycles. The Labute approximate surface area is 133 Å². The quantitative estimate of drug-likeness (QED) is 0.429. The van der Waals surface area contributed by atoms with Crippen molar-refractivity contribution in [2.24, 2.45) is 0 Å². The zero-order valence-electron chi connectivity index (χ0n) is 12.4. The molecule has 5 nitrogen and oxygen atoms in total. The Balaban J connectivity index is 1.58. The third kappa shape index (κ3) is 3.17. The minimum absolute atomic E-state index is 0.636. The summed E-state index contributed by atoms with van der Waals surface area (Å²) in [6.45, 7) is 1.89. The summed E-state index contributed by atoms with van der Waals surface area (Å²) in [6.07, 6.45) is 3.76. The fourth-order valence-electron chi connectivity index (χ4n) is 2.26. The minimum Gasteiger partial charge on any atom is -0.469 e. The maximum absolute atomic E-state index is 6.09. The van der Waals surface area contributed by atoms with Gasteiger partial charge in [0.25, 0.3) is 0 Å². The number of nitrogens with two attached hydrogens (primary N) is 1. The molecule has 0 unspecified atom stereocenters. The van der Waals surface area contributed by atoms with E-state index < -0.39 is 0 Å². The third-order valence-electron chi connectivity index (χ3n) is 3.45. The topological polar surface area (TPSA) is 69.9 Å². The summed E-state index contributed by atoms with van der Waals surface area (Å²) < 4.78 is 6.82.